The van der Waals surface area contributed by atoms with Gasteiger partial charge in [-0.15, -0.1) is 5.10 Å². The first-order valence-electron chi connectivity index (χ1n) is 5.92. The van der Waals surface area contributed by atoms with Crippen molar-refractivity contribution >= 4 is 43.3 Å². The van der Waals surface area contributed by atoms with Gasteiger partial charge < -0.3 is 0 Å². The van der Waals surface area contributed by atoms with Crippen LogP contribution >= 0.6 is 27.3 Å². The fraction of sp³-hybridized carbons (Fsp3) is 0.154. The molecular weight excluding hydrogens is 340 g/mol. The molecule has 0 spiro atoms. The van der Waals surface area contributed by atoms with E-state index in [4.69, 9.17) is 0 Å². The summed E-state index contributed by atoms with van der Waals surface area (Å²) in [6.45, 7) is 1.51. The van der Waals surface area contributed by atoms with Gasteiger partial charge in [-0.2, -0.15) is 4.52 Å². The second-order valence-corrected chi connectivity index (χ2v) is 5.96. The number of benzene rings is 1. The highest BCUT2D eigenvalue weighted by molar-refractivity contribution is 9.10. The standard InChI is InChI=1S/C13H11BrN4OS/c1-8(19)17(2)13-16-18-11(14)10(15-12(18)20-13)9-6-4-3-5-7-9/h3-7H,1-2H3. The predicted molar refractivity (Wildman–Crippen MR) is 83.1 cm³/mol. The number of hydrogen-bond donors (Lipinski definition) is 0. The van der Waals surface area contributed by atoms with E-state index in [0.29, 0.717) is 5.13 Å². The Hall–Kier alpha value is -1.73. The molecule has 0 radical (unpaired) electrons. The maximum atomic E-state index is 11.4. The first-order chi connectivity index (χ1) is 9.58. The summed E-state index contributed by atoms with van der Waals surface area (Å²) >= 11 is 4.91. The zero-order chi connectivity index (χ0) is 14.3. The largest absolute Gasteiger partial charge is 0.290 e. The topological polar surface area (TPSA) is 50.5 Å². The highest BCUT2D eigenvalue weighted by Crippen LogP contribution is 2.32. The van der Waals surface area contributed by atoms with E-state index in [-0.39, 0.29) is 5.91 Å². The van der Waals surface area contributed by atoms with Crippen LogP contribution in [-0.4, -0.2) is 27.6 Å². The van der Waals surface area contributed by atoms with Gasteiger partial charge in [-0.3, -0.25) is 9.69 Å². The van der Waals surface area contributed by atoms with Gasteiger partial charge in [0.1, 0.15) is 10.3 Å². The summed E-state index contributed by atoms with van der Waals surface area (Å²) in [5.74, 6) is -0.0543. The number of amides is 1. The molecule has 0 bridgehead atoms. The van der Waals surface area contributed by atoms with Crippen LogP contribution in [0.2, 0.25) is 0 Å². The molecule has 3 aromatic rings. The quantitative estimate of drug-likeness (QED) is 0.712. The van der Waals surface area contributed by atoms with E-state index in [1.165, 1.54) is 23.2 Å². The lowest BCUT2D eigenvalue weighted by atomic mass is 10.2. The second-order valence-electron chi connectivity index (χ2n) is 4.27. The molecule has 7 heteroatoms. The van der Waals surface area contributed by atoms with Gasteiger partial charge in [0.15, 0.2) is 0 Å². The number of nitrogens with zero attached hydrogens (tertiary/aromatic N) is 4. The molecule has 102 valence electrons. The van der Waals surface area contributed by atoms with Crippen molar-refractivity contribution < 1.29 is 4.79 Å². The summed E-state index contributed by atoms with van der Waals surface area (Å²) in [4.78, 5) is 18.2. The molecule has 0 N–H and O–H groups in total. The van der Waals surface area contributed by atoms with Crippen LogP contribution in [-0.2, 0) is 4.79 Å². The Balaban J connectivity index is 2.10. The van der Waals surface area contributed by atoms with Gasteiger partial charge in [-0.05, 0) is 15.9 Å². The molecule has 1 aromatic carbocycles. The van der Waals surface area contributed by atoms with Gasteiger partial charge in [0.2, 0.25) is 16.0 Å². The van der Waals surface area contributed by atoms with Gasteiger partial charge >= 0.3 is 0 Å². The lowest BCUT2D eigenvalue weighted by molar-refractivity contribution is -0.116. The van der Waals surface area contributed by atoms with Crippen molar-refractivity contribution in [1.82, 2.24) is 14.6 Å². The number of hydrogen-bond acceptors (Lipinski definition) is 4. The van der Waals surface area contributed by atoms with E-state index >= 15 is 0 Å². The zero-order valence-electron chi connectivity index (χ0n) is 10.9. The molecule has 0 aliphatic rings. The molecular formula is C13H11BrN4OS. The van der Waals surface area contributed by atoms with Gasteiger partial charge in [-0.1, -0.05) is 41.7 Å². The molecule has 0 aliphatic heterocycles. The average Bonchev–Trinajstić information content (AvgIpc) is 2.99. The van der Waals surface area contributed by atoms with Crippen LogP contribution in [0.15, 0.2) is 34.9 Å². The summed E-state index contributed by atoms with van der Waals surface area (Å²) in [7, 11) is 1.70. The van der Waals surface area contributed by atoms with E-state index in [9.17, 15) is 4.79 Å². The van der Waals surface area contributed by atoms with Gasteiger partial charge in [0.05, 0.1) is 0 Å². The third-order valence-corrected chi connectivity index (χ3v) is 4.64. The molecule has 0 atom stereocenters. The Morgan fingerprint density at radius 3 is 2.65 bits per heavy atom. The van der Waals surface area contributed by atoms with E-state index in [1.807, 2.05) is 30.3 Å². The number of carbonyl (C=O) groups is 1. The highest BCUT2D eigenvalue weighted by Gasteiger charge is 2.18. The van der Waals surface area contributed by atoms with Crippen molar-refractivity contribution in [3.05, 3.63) is 34.9 Å². The van der Waals surface area contributed by atoms with E-state index in [0.717, 1.165) is 20.8 Å². The van der Waals surface area contributed by atoms with Gasteiger partial charge in [0.25, 0.3) is 0 Å². The zero-order valence-corrected chi connectivity index (χ0v) is 13.3. The SMILES string of the molecule is CC(=O)N(C)c1nn2c(Br)c(-c3ccccc3)nc2s1. The summed E-state index contributed by atoms with van der Waals surface area (Å²) in [6.07, 6.45) is 0. The number of aromatic nitrogens is 3. The first-order valence-corrected chi connectivity index (χ1v) is 7.53. The Morgan fingerprint density at radius 2 is 2.05 bits per heavy atom. The maximum Gasteiger partial charge on any atom is 0.225 e. The third kappa shape index (κ3) is 2.12. The van der Waals surface area contributed by atoms with Crippen molar-refractivity contribution in [1.29, 1.82) is 0 Å². The van der Waals surface area contributed by atoms with Crippen LogP contribution in [0.1, 0.15) is 6.92 Å². The first kappa shape index (κ1) is 13.3. The number of fused-ring (bicyclic) bond motifs is 1. The molecule has 20 heavy (non-hydrogen) atoms. The Morgan fingerprint density at radius 1 is 1.35 bits per heavy atom. The Kier molecular flexibility index (Phi) is 3.31. The average molecular weight is 351 g/mol. The predicted octanol–water partition coefficient (Wildman–Crippen LogP) is 3.20. The second kappa shape index (κ2) is 4.99. The smallest absolute Gasteiger partial charge is 0.225 e. The van der Waals surface area contributed by atoms with Crippen molar-refractivity contribution in [2.45, 2.75) is 6.92 Å². The van der Waals surface area contributed by atoms with Gasteiger partial charge in [0, 0.05) is 19.5 Å². The van der Waals surface area contributed by atoms with E-state index in [2.05, 4.69) is 26.0 Å². The van der Waals surface area contributed by atoms with Crippen molar-refractivity contribution in [3.63, 3.8) is 0 Å². The van der Waals surface area contributed by atoms with Crippen molar-refractivity contribution in [2.75, 3.05) is 11.9 Å². The molecule has 1 amide bonds. The molecule has 0 saturated carbocycles. The van der Waals surface area contributed by atoms with Crippen LogP contribution in [0.4, 0.5) is 5.13 Å². The lowest BCUT2D eigenvalue weighted by Crippen LogP contribution is -2.22. The summed E-state index contributed by atoms with van der Waals surface area (Å²) < 4.78 is 2.50. The molecule has 0 unspecified atom stereocenters. The summed E-state index contributed by atoms with van der Waals surface area (Å²) in [5, 5.41) is 5.04. The monoisotopic (exact) mass is 350 g/mol. The van der Waals surface area contributed by atoms with E-state index < -0.39 is 0 Å². The molecule has 5 nitrogen and oxygen atoms in total. The molecule has 0 aliphatic carbocycles. The number of anilines is 1. The molecule has 3 rings (SSSR count). The summed E-state index contributed by atoms with van der Waals surface area (Å²) in [5.41, 5.74) is 1.87. The highest BCUT2D eigenvalue weighted by atomic mass is 79.9. The van der Waals surface area contributed by atoms with Gasteiger partial charge in [-0.25, -0.2) is 4.98 Å². The maximum absolute atomic E-state index is 11.4. The van der Waals surface area contributed by atoms with Crippen LogP contribution in [0.5, 0.6) is 0 Å². The Labute approximate surface area is 128 Å². The number of carbonyl (C=O) groups excluding carboxylic acids is 1. The number of imidazole rings is 1. The number of halogens is 1. The number of rotatable bonds is 2. The van der Waals surface area contributed by atoms with Crippen molar-refractivity contribution in [2.24, 2.45) is 0 Å². The van der Waals surface area contributed by atoms with Crippen molar-refractivity contribution in [3.8, 4) is 11.3 Å². The van der Waals surface area contributed by atoms with Crippen LogP contribution < -0.4 is 4.90 Å². The third-order valence-electron chi connectivity index (χ3n) is 2.94. The molecule has 0 fully saturated rings. The van der Waals surface area contributed by atoms with Crippen LogP contribution in [0, 0.1) is 0 Å². The Bertz CT molecular complexity index is 780. The van der Waals surface area contributed by atoms with E-state index in [1.54, 1.807) is 11.6 Å². The minimum absolute atomic E-state index is 0.0543. The fourth-order valence-electron chi connectivity index (χ4n) is 1.76. The molecule has 2 heterocycles. The minimum Gasteiger partial charge on any atom is -0.290 e. The van der Waals surface area contributed by atoms with Crippen LogP contribution in [0.3, 0.4) is 0 Å². The minimum atomic E-state index is -0.0543. The lowest BCUT2D eigenvalue weighted by Gasteiger charge is -2.08. The molecule has 2 aromatic heterocycles. The fourth-order valence-corrected chi connectivity index (χ4v) is 3.35. The summed E-state index contributed by atoms with van der Waals surface area (Å²) in [6, 6.07) is 9.91. The van der Waals surface area contributed by atoms with Crippen LogP contribution in [0.25, 0.3) is 16.2 Å². The molecule has 0 saturated heterocycles. The normalized spacial score (nSPS) is 10.9.